The van der Waals surface area contributed by atoms with Crippen LogP contribution in [-0.4, -0.2) is 97.5 Å². The van der Waals surface area contributed by atoms with Crippen LogP contribution in [0.15, 0.2) is 72.9 Å². The molecular formula is C46H78O12S. The van der Waals surface area contributed by atoms with Crippen LogP contribution in [0, 0.1) is 0 Å². The Labute approximate surface area is 356 Å². The van der Waals surface area contributed by atoms with E-state index in [0.29, 0.717) is 13.0 Å². The number of aliphatic hydroxyl groups excluding tert-OH is 3. The predicted molar refractivity (Wildman–Crippen MR) is 234 cm³/mol. The van der Waals surface area contributed by atoms with Gasteiger partial charge >= 0.3 is 16.4 Å². The molecule has 0 aromatic carbocycles. The quantitative estimate of drug-likeness (QED) is 0.0202. The molecule has 1 heterocycles. The molecule has 0 spiro atoms. The minimum Gasteiger partial charge on any atom is -0.457 e. The van der Waals surface area contributed by atoms with Crippen LogP contribution in [0.4, 0.5) is 0 Å². The second-order valence-electron chi connectivity index (χ2n) is 14.9. The smallest absolute Gasteiger partial charge is 0.397 e. The van der Waals surface area contributed by atoms with Gasteiger partial charge in [-0.3, -0.25) is 9.35 Å². The van der Waals surface area contributed by atoms with E-state index in [4.69, 9.17) is 23.5 Å². The fraction of sp³-hybridized carbons (Fsp3) is 0.717. The van der Waals surface area contributed by atoms with Crippen molar-refractivity contribution in [2.45, 2.75) is 185 Å². The van der Waals surface area contributed by atoms with Crippen molar-refractivity contribution in [3.63, 3.8) is 0 Å². The fourth-order valence-corrected chi connectivity index (χ4v) is 6.77. The Kier molecular flexibility index (Phi) is 34.5. The summed E-state index contributed by atoms with van der Waals surface area (Å²) in [5.41, 5.74) is 0. The number of carbonyl (C=O) groups excluding carboxylic acids is 1. The number of unbranched alkanes of at least 4 members (excludes halogenated alkanes) is 12. The number of esters is 1. The van der Waals surface area contributed by atoms with Crippen molar-refractivity contribution < 1.29 is 56.2 Å². The van der Waals surface area contributed by atoms with Gasteiger partial charge in [-0.05, 0) is 64.2 Å². The van der Waals surface area contributed by atoms with E-state index in [0.717, 1.165) is 103 Å². The van der Waals surface area contributed by atoms with Crippen LogP contribution in [0.25, 0.3) is 0 Å². The number of allylic oxidation sites excluding steroid dienone is 12. The summed E-state index contributed by atoms with van der Waals surface area (Å²) in [5, 5.41) is 30.5. The lowest BCUT2D eigenvalue weighted by atomic mass is 9.99. The van der Waals surface area contributed by atoms with Gasteiger partial charge in [-0.15, -0.1) is 0 Å². The molecule has 1 aliphatic heterocycles. The highest BCUT2D eigenvalue weighted by Crippen LogP contribution is 2.26. The third-order valence-electron chi connectivity index (χ3n) is 9.59. The molecule has 0 amide bonds. The molecule has 1 fully saturated rings. The molecule has 1 aliphatic rings. The van der Waals surface area contributed by atoms with Crippen LogP contribution in [0.1, 0.15) is 149 Å². The van der Waals surface area contributed by atoms with Crippen molar-refractivity contribution in [3.8, 4) is 0 Å². The summed E-state index contributed by atoms with van der Waals surface area (Å²) in [6, 6.07) is 0. The van der Waals surface area contributed by atoms with Gasteiger partial charge in [0.2, 0.25) is 0 Å². The van der Waals surface area contributed by atoms with E-state index in [9.17, 15) is 28.5 Å². The lowest BCUT2D eigenvalue weighted by Gasteiger charge is -2.41. The Morgan fingerprint density at radius 1 is 0.661 bits per heavy atom. The summed E-state index contributed by atoms with van der Waals surface area (Å²) in [5.74, 6) is -0.417. The lowest BCUT2D eigenvalue weighted by molar-refractivity contribution is -0.301. The maximum absolute atomic E-state index is 12.7. The van der Waals surface area contributed by atoms with E-state index < -0.39 is 59.8 Å². The summed E-state index contributed by atoms with van der Waals surface area (Å²) in [4.78, 5) is 12.7. The first kappa shape index (κ1) is 54.6. The summed E-state index contributed by atoms with van der Waals surface area (Å²) in [6.45, 7) is 3.75. The molecule has 59 heavy (non-hydrogen) atoms. The summed E-state index contributed by atoms with van der Waals surface area (Å²) >= 11 is 0. The summed E-state index contributed by atoms with van der Waals surface area (Å²) in [7, 11) is -5.06. The normalized spacial score (nSPS) is 21.1. The van der Waals surface area contributed by atoms with E-state index in [1.807, 2.05) is 0 Å². The van der Waals surface area contributed by atoms with E-state index in [-0.39, 0.29) is 19.6 Å². The van der Waals surface area contributed by atoms with E-state index >= 15 is 0 Å². The van der Waals surface area contributed by atoms with E-state index in [1.54, 1.807) is 0 Å². The first-order valence-electron chi connectivity index (χ1n) is 22.2. The van der Waals surface area contributed by atoms with Gasteiger partial charge in [-0.2, -0.15) is 8.42 Å². The minimum absolute atomic E-state index is 0.0245. The highest BCUT2D eigenvalue weighted by molar-refractivity contribution is 7.80. The average molecular weight is 855 g/mol. The summed E-state index contributed by atoms with van der Waals surface area (Å²) in [6.07, 6.45) is 38.4. The van der Waals surface area contributed by atoms with Crippen LogP contribution in [0.3, 0.4) is 0 Å². The van der Waals surface area contributed by atoms with E-state index in [1.165, 1.54) is 19.3 Å². The Bertz CT molecular complexity index is 1310. The number of rotatable bonds is 37. The molecule has 0 bridgehead atoms. The number of ether oxygens (including phenoxy) is 4. The van der Waals surface area contributed by atoms with Crippen molar-refractivity contribution in [2.24, 2.45) is 0 Å². The van der Waals surface area contributed by atoms with Crippen molar-refractivity contribution in [1.29, 1.82) is 0 Å². The molecule has 340 valence electrons. The second kappa shape index (κ2) is 37.3. The molecule has 0 aromatic heterocycles. The SMILES string of the molecule is CC/C=C\C/C=C\C/C=C\C/C=C\C/C=C\C/C=C\CCCCCCCCCOCC(COC1OC(CO)C(O)C(OS(=O)(=O)O)C1O)OC(=O)CCCCCCCC. The molecule has 6 atom stereocenters. The zero-order valence-corrected chi connectivity index (χ0v) is 36.8. The Balaban J connectivity index is 2.29. The Morgan fingerprint density at radius 2 is 1.17 bits per heavy atom. The largest absolute Gasteiger partial charge is 0.457 e. The molecule has 1 saturated heterocycles. The molecule has 12 nitrogen and oxygen atoms in total. The number of carbonyl (C=O) groups is 1. The third-order valence-corrected chi connectivity index (χ3v) is 10.1. The van der Waals surface area contributed by atoms with E-state index in [2.05, 4.69) is 90.9 Å². The third kappa shape index (κ3) is 31.1. The molecular weight excluding hydrogens is 777 g/mol. The molecule has 4 N–H and O–H groups in total. The van der Waals surface area contributed by atoms with Crippen LogP contribution >= 0.6 is 0 Å². The standard InChI is InChI=1S/C46H78O12S/c1-3-5-7-9-11-12-13-14-15-16-17-18-19-20-21-22-23-24-25-26-27-28-29-30-32-34-36-54-38-40(56-42(48)35-33-31-10-8-6-4-2)39-55-46-44(50)45(58-59(51,52)53)43(49)41(37-47)57-46/h5,7,11-12,14-15,17-18,20-21,23-24,40-41,43-47,49-50H,3-4,6,8-10,13,16,19,22,25-39H2,1-2H3,(H,51,52,53)/b7-5-,12-11-,15-14-,18-17-,21-20-,24-23-. The van der Waals surface area contributed by atoms with Gasteiger partial charge in [0.25, 0.3) is 0 Å². The molecule has 6 unspecified atom stereocenters. The van der Waals surface area contributed by atoms with Gasteiger partial charge in [-0.25, -0.2) is 4.18 Å². The zero-order chi connectivity index (χ0) is 43.2. The van der Waals surface area contributed by atoms with Crippen molar-refractivity contribution in [2.75, 3.05) is 26.4 Å². The topological polar surface area (TPSA) is 178 Å². The molecule has 0 saturated carbocycles. The number of hydrogen-bond donors (Lipinski definition) is 4. The highest BCUT2D eigenvalue weighted by Gasteiger charge is 2.48. The second-order valence-corrected chi connectivity index (χ2v) is 16.0. The Morgan fingerprint density at radius 3 is 1.71 bits per heavy atom. The molecule has 13 heteroatoms. The van der Waals surface area contributed by atoms with Gasteiger partial charge < -0.3 is 34.3 Å². The zero-order valence-electron chi connectivity index (χ0n) is 36.0. The number of hydrogen-bond acceptors (Lipinski definition) is 11. The van der Waals surface area contributed by atoms with Crippen LogP contribution in [-0.2, 0) is 38.3 Å². The maximum atomic E-state index is 12.7. The van der Waals surface area contributed by atoms with Gasteiger partial charge in [0.1, 0.15) is 30.5 Å². The monoisotopic (exact) mass is 855 g/mol. The van der Waals surface area contributed by atoms with Crippen molar-refractivity contribution >= 4 is 16.4 Å². The molecule has 0 aliphatic carbocycles. The van der Waals surface area contributed by atoms with Crippen LogP contribution < -0.4 is 0 Å². The first-order valence-corrected chi connectivity index (χ1v) is 23.6. The molecule has 1 rings (SSSR count). The minimum atomic E-state index is -5.06. The van der Waals surface area contributed by atoms with Crippen LogP contribution in [0.2, 0.25) is 0 Å². The van der Waals surface area contributed by atoms with Crippen molar-refractivity contribution in [3.05, 3.63) is 72.9 Å². The maximum Gasteiger partial charge on any atom is 0.397 e. The summed E-state index contributed by atoms with van der Waals surface area (Å²) < 4.78 is 58.7. The number of aliphatic hydroxyl groups is 3. The molecule has 0 radical (unpaired) electrons. The van der Waals surface area contributed by atoms with Gasteiger partial charge in [-0.1, -0.05) is 151 Å². The van der Waals surface area contributed by atoms with Gasteiger partial charge in [0.15, 0.2) is 6.29 Å². The Hall–Kier alpha value is -2.46. The van der Waals surface area contributed by atoms with Crippen molar-refractivity contribution in [1.82, 2.24) is 0 Å². The molecule has 0 aromatic rings. The predicted octanol–water partition coefficient (Wildman–Crippen LogP) is 9.13. The lowest BCUT2D eigenvalue weighted by Crippen LogP contribution is -2.60. The first-order chi connectivity index (χ1) is 28.6. The highest BCUT2D eigenvalue weighted by atomic mass is 32.3. The average Bonchev–Trinajstić information content (AvgIpc) is 3.21. The van der Waals surface area contributed by atoms with Gasteiger partial charge in [0, 0.05) is 13.0 Å². The fourth-order valence-electron chi connectivity index (χ4n) is 6.26. The van der Waals surface area contributed by atoms with Crippen LogP contribution in [0.5, 0.6) is 0 Å². The van der Waals surface area contributed by atoms with Gasteiger partial charge in [0.05, 0.1) is 19.8 Å².